The Hall–Kier alpha value is -1.37. The van der Waals surface area contributed by atoms with Gasteiger partial charge in [0.05, 0.1) is 0 Å². The van der Waals surface area contributed by atoms with E-state index in [-0.39, 0.29) is 17.7 Å². The number of amides is 1. The third kappa shape index (κ3) is 3.29. The monoisotopic (exact) mass is 441 g/mol. The number of carbonyl (C=O) groups excluding carboxylic acids is 1. The zero-order chi connectivity index (χ0) is 22.5. The van der Waals surface area contributed by atoms with E-state index >= 15 is 0 Å². The van der Waals surface area contributed by atoms with Crippen molar-refractivity contribution in [3.05, 3.63) is 0 Å². The molecule has 28 heavy (non-hydrogen) atoms. The Labute approximate surface area is 150 Å². The van der Waals surface area contributed by atoms with Gasteiger partial charge in [-0.15, -0.1) is 0 Å². The van der Waals surface area contributed by atoms with Crippen molar-refractivity contribution in [3.8, 4) is 0 Å². The van der Waals surface area contributed by atoms with Crippen molar-refractivity contribution in [2.24, 2.45) is 0 Å². The molecule has 0 bridgehead atoms. The van der Waals surface area contributed by atoms with Crippen LogP contribution in [0.2, 0.25) is 0 Å². The normalized spacial score (nSPS) is 23.3. The van der Waals surface area contributed by atoms with Crippen LogP contribution in [0.3, 0.4) is 0 Å². The smallest absolute Gasteiger partial charge is 0.332 e. The summed E-state index contributed by atoms with van der Waals surface area (Å²) in [5.41, 5.74) is 0. The van der Waals surface area contributed by atoms with E-state index in [1.807, 2.05) is 0 Å². The number of hydrogen-bond donors (Lipinski definition) is 0. The van der Waals surface area contributed by atoms with Crippen LogP contribution in [-0.4, -0.2) is 58.9 Å². The Morgan fingerprint density at radius 1 is 0.786 bits per heavy atom. The second kappa shape index (κ2) is 7.15. The Morgan fingerprint density at radius 3 is 1.54 bits per heavy atom. The van der Waals surface area contributed by atoms with Gasteiger partial charge in [-0.25, -0.2) is 8.78 Å². The molecule has 1 saturated heterocycles. The molecule has 14 heteroatoms. The van der Waals surface area contributed by atoms with E-state index in [0.29, 0.717) is 6.42 Å². The van der Waals surface area contributed by atoms with Gasteiger partial charge < -0.3 is 4.90 Å². The number of alkyl halides is 12. The van der Waals surface area contributed by atoms with E-state index in [9.17, 15) is 57.5 Å². The Bertz CT molecular complexity index is 581. The first-order valence-electron chi connectivity index (χ1n) is 7.78. The zero-order valence-electron chi connectivity index (χ0n) is 14.2. The lowest BCUT2D eigenvalue weighted by Gasteiger charge is -2.43. The lowest BCUT2D eigenvalue weighted by atomic mass is 9.91. The molecule has 0 aliphatic carbocycles. The van der Waals surface area contributed by atoms with Gasteiger partial charge in [-0.05, 0) is 33.1 Å². The van der Waals surface area contributed by atoms with E-state index in [1.54, 1.807) is 0 Å². The van der Waals surface area contributed by atoms with E-state index < -0.39 is 54.0 Å². The van der Waals surface area contributed by atoms with Crippen LogP contribution in [0.15, 0.2) is 0 Å². The average molecular weight is 441 g/mol. The second-order valence-electron chi connectivity index (χ2n) is 6.56. The molecule has 2 unspecified atom stereocenters. The first kappa shape index (κ1) is 24.7. The molecule has 1 heterocycles. The molecule has 0 aromatic heterocycles. The van der Waals surface area contributed by atoms with Crippen molar-refractivity contribution in [2.45, 2.75) is 81.2 Å². The highest BCUT2D eigenvalue weighted by Gasteiger charge is 2.89. The number of halogens is 12. The fourth-order valence-electron chi connectivity index (χ4n) is 2.86. The standard InChI is InChI=1S/C14H15F12NO/c1-6-4-3-5-7(2)27(6)9(28)11(19,20)13(23,24)14(25,26)12(21,22)10(17,18)8(15)16/h6-8H,3-5H2,1-2H3. The third-order valence-corrected chi connectivity index (χ3v) is 4.57. The van der Waals surface area contributed by atoms with Crippen molar-refractivity contribution in [1.82, 2.24) is 4.90 Å². The summed E-state index contributed by atoms with van der Waals surface area (Å²) >= 11 is 0. The molecule has 0 aromatic carbocycles. The van der Waals surface area contributed by atoms with Gasteiger partial charge in [0.15, 0.2) is 0 Å². The minimum absolute atomic E-state index is 0.00621. The van der Waals surface area contributed by atoms with Gasteiger partial charge in [-0.1, -0.05) is 0 Å². The summed E-state index contributed by atoms with van der Waals surface area (Å²) in [6, 6.07) is -2.34. The van der Waals surface area contributed by atoms with Crippen LogP contribution in [0, 0.1) is 0 Å². The van der Waals surface area contributed by atoms with Gasteiger partial charge >= 0.3 is 36.0 Å². The first-order valence-corrected chi connectivity index (χ1v) is 7.78. The van der Waals surface area contributed by atoms with Crippen molar-refractivity contribution >= 4 is 5.91 Å². The second-order valence-corrected chi connectivity index (χ2v) is 6.56. The fourth-order valence-corrected chi connectivity index (χ4v) is 2.86. The van der Waals surface area contributed by atoms with Crippen LogP contribution in [0.4, 0.5) is 52.7 Å². The quantitative estimate of drug-likeness (QED) is 0.518. The average Bonchev–Trinajstić information content (AvgIpc) is 2.53. The predicted molar refractivity (Wildman–Crippen MR) is 70.4 cm³/mol. The fraction of sp³-hybridized carbons (Fsp3) is 0.929. The van der Waals surface area contributed by atoms with Crippen LogP contribution in [0.5, 0.6) is 0 Å². The topological polar surface area (TPSA) is 20.3 Å². The van der Waals surface area contributed by atoms with Gasteiger partial charge in [0, 0.05) is 12.1 Å². The highest BCUT2D eigenvalue weighted by atomic mass is 19.4. The maximum Gasteiger partial charge on any atom is 0.392 e. The van der Waals surface area contributed by atoms with Crippen molar-refractivity contribution in [1.29, 1.82) is 0 Å². The minimum atomic E-state index is -7.69. The summed E-state index contributed by atoms with van der Waals surface area (Å²) in [5, 5.41) is 0. The summed E-state index contributed by atoms with van der Waals surface area (Å²) < 4.78 is 158. The van der Waals surface area contributed by atoms with Gasteiger partial charge in [0.1, 0.15) is 0 Å². The molecule has 1 amide bonds. The summed E-state index contributed by atoms with van der Waals surface area (Å²) in [6.45, 7) is 2.19. The molecule has 166 valence electrons. The molecular weight excluding hydrogens is 426 g/mol. The van der Waals surface area contributed by atoms with E-state index in [2.05, 4.69) is 0 Å². The number of hydrogen-bond acceptors (Lipinski definition) is 1. The molecule has 1 aliphatic heterocycles. The first-order chi connectivity index (χ1) is 12.3. The molecule has 0 saturated carbocycles. The SMILES string of the molecule is CC1CCCC(C)N1C(=O)C(F)(F)C(F)(F)C(F)(F)C(F)(F)C(F)(F)C(F)F. The molecular formula is C14H15F12NO. The number of rotatable bonds is 6. The molecule has 1 aliphatic rings. The molecule has 0 N–H and O–H groups in total. The van der Waals surface area contributed by atoms with Gasteiger partial charge in [-0.2, -0.15) is 43.9 Å². The molecule has 0 spiro atoms. The van der Waals surface area contributed by atoms with Crippen molar-refractivity contribution in [3.63, 3.8) is 0 Å². The highest BCUT2D eigenvalue weighted by Crippen LogP contribution is 2.58. The van der Waals surface area contributed by atoms with Crippen LogP contribution >= 0.6 is 0 Å². The summed E-state index contributed by atoms with van der Waals surface area (Å²) in [5.74, 6) is -39.4. The Morgan fingerprint density at radius 2 is 1.18 bits per heavy atom. The van der Waals surface area contributed by atoms with E-state index in [0.717, 1.165) is 13.8 Å². The molecule has 0 aromatic rings. The predicted octanol–water partition coefficient (Wildman–Crippen LogP) is 5.22. The highest BCUT2D eigenvalue weighted by molar-refractivity contribution is 5.85. The van der Waals surface area contributed by atoms with E-state index in [4.69, 9.17) is 0 Å². The van der Waals surface area contributed by atoms with E-state index in [1.165, 1.54) is 0 Å². The molecule has 0 radical (unpaired) electrons. The number of carbonyl (C=O) groups is 1. The molecule has 1 rings (SSSR count). The third-order valence-electron chi connectivity index (χ3n) is 4.57. The summed E-state index contributed by atoms with van der Waals surface area (Å²) in [6.07, 6.45) is -5.24. The lowest BCUT2D eigenvalue weighted by molar-refractivity contribution is -0.407. The summed E-state index contributed by atoms with van der Waals surface area (Å²) in [7, 11) is 0. The minimum Gasteiger partial charge on any atom is -0.332 e. The maximum atomic E-state index is 14.0. The van der Waals surface area contributed by atoms with Crippen LogP contribution in [-0.2, 0) is 4.79 Å². The van der Waals surface area contributed by atoms with Gasteiger partial charge in [0.25, 0.3) is 5.91 Å². The van der Waals surface area contributed by atoms with Crippen LogP contribution in [0.1, 0.15) is 33.1 Å². The van der Waals surface area contributed by atoms with Gasteiger partial charge in [0.2, 0.25) is 0 Å². The Kier molecular flexibility index (Phi) is 6.30. The number of piperidine rings is 1. The van der Waals surface area contributed by atoms with Gasteiger partial charge in [-0.3, -0.25) is 4.79 Å². The summed E-state index contributed by atoms with van der Waals surface area (Å²) in [4.78, 5) is 11.9. The molecule has 1 fully saturated rings. The Balaban J connectivity index is 3.43. The molecule has 2 nitrogen and oxygen atoms in total. The maximum absolute atomic E-state index is 14.0. The lowest BCUT2D eigenvalue weighted by Crippen LogP contribution is -2.71. The number of nitrogens with zero attached hydrogens (tertiary/aromatic N) is 1. The van der Waals surface area contributed by atoms with Crippen LogP contribution in [0.25, 0.3) is 0 Å². The largest absolute Gasteiger partial charge is 0.392 e. The van der Waals surface area contributed by atoms with Crippen molar-refractivity contribution in [2.75, 3.05) is 0 Å². The van der Waals surface area contributed by atoms with Crippen LogP contribution < -0.4 is 0 Å². The number of likely N-dealkylation sites (tertiary alicyclic amines) is 1. The zero-order valence-corrected chi connectivity index (χ0v) is 14.2. The molecule has 2 atom stereocenters. The van der Waals surface area contributed by atoms with Crippen molar-refractivity contribution < 1.29 is 57.5 Å².